The zero-order chi connectivity index (χ0) is 18.5. The van der Waals surface area contributed by atoms with Gasteiger partial charge in [0.1, 0.15) is 17.7 Å². The monoisotopic (exact) mass is 354 g/mol. The molecule has 1 N–H and O–H groups in total. The van der Waals surface area contributed by atoms with Crippen molar-refractivity contribution in [1.82, 2.24) is 4.98 Å². The van der Waals surface area contributed by atoms with E-state index in [0.29, 0.717) is 34.4 Å². The van der Waals surface area contributed by atoms with Crippen molar-refractivity contribution in [3.8, 4) is 28.7 Å². The SMILES string of the molecule is COc1cc(/C(=N/O)c2coc(-c3ccccc3)n2)cc(OC)c1OC. The summed E-state index contributed by atoms with van der Waals surface area (Å²) in [6.45, 7) is 0. The van der Waals surface area contributed by atoms with Crippen LogP contribution in [0.5, 0.6) is 17.2 Å². The average Bonchev–Trinajstić information content (AvgIpc) is 3.18. The van der Waals surface area contributed by atoms with Crippen molar-refractivity contribution in [1.29, 1.82) is 0 Å². The number of methoxy groups -OCH3 is 3. The van der Waals surface area contributed by atoms with Gasteiger partial charge in [-0.25, -0.2) is 4.98 Å². The first-order chi connectivity index (χ1) is 12.7. The molecule has 3 rings (SSSR count). The van der Waals surface area contributed by atoms with Crippen molar-refractivity contribution in [3.63, 3.8) is 0 Å². The van der Waals surface area contributed by atoms with Gasteiger partial charge in [-0.2, -0.15) is 0 Å². The minimum absolute atomic E-state index is 0.218. The molecule has 0 amide bonds. The van der Waals surface area contributed by atoms with Gasteiger partial charge < -0.3 is 23.8 Å². The van der Waals surface area contributed by atoms with Gasteiger partial charge in [0.15, 0.2) is 11.5 Å². The molecule has 0 aliphatic heterocycles. The van der Waals surface area contributed by atoms with E-state index in [4.69, 9.17) is 18.6 Å². The van der Waals surface area contributed by atoms with E-state index in [0.717, 1.165) is 5.56 Å². The van der Waals surface area contributed by atoms with Gasteiger partial charge in [-0.3, -0.25) is 0 Å². The second kappa shape index (κ2) is 7.60. The van der Waals surface area contributed by atoms with Crippen LogP contribution in [0.2, 0.25) is 0 Å². The summed E-state index contributed by atoms with van der Waals surface area (Å²) in [7, 11) is 4.55. The molecule has 0 saturated carbocycles. The highest BCUT2D eigenvalue weighted by atomic mass is 16.5. The second-order valence-electron chi connectivity index (χ2n) is 5.27. The van der Waals surface area contributed by atoms with Crippen LogP contribution in [-0.2, 0) is 0 Å². The molecule has 0 saturated heterocycles. The predicted molar refractivity (Wildman–Crippen MR) is 95.5 cm³/mol. The first kappa shape index (κ1) is 17.3. The van der Waals surface area contributed by atoms with E-state index in [1.54, 1.807) is 12.1 Å². The lowest BCUT2D eigenvalue weighted by atomic mass is 10.1. The van der Waals surface area contributed by atoms with Crippen LogP contribution >= 0.6 is 0 Å². The van der Waals surface area contributed by atoms with Crippen molar-refractivity contribution >= 4 is 5.71 Å². The third-order valence-corrected chi connectivity index (χ3v) is 3.81. The fraction of sp³-hybridized carbons (Fsp3) is 0.158. The van der Waals surface area contributed by atoms with E-state index in [-0.39, 0.29) is 5.71 Å². The van der Waals surface area contributed by atoms with Crippen molar-refractivity contribution in [2.45, 2.75) is 0 Å². The maximum absolute atomic E-state index is 9.56. The van der Waals surface area contributed by atoms with E-state index in [1.165, 1.54) is 27.6 Å². The highest BCUT2D eigenvalue weighted by molar-refractivity contribution is 6.12. The molecule has 3 aromatic rings. The zero-order valence-corrected chi connectivity index (χ0v) is 14.6. The standard InChI is InChI=1S/C19H18N2O5/c1-23-15-9-13(10-16(24-2)18(15)25-3)17(21-22)14-11-26-19(20-14)12-7-5-4-6-8-12/h4-11,22H,1-3H3/b21-17-. The number of ether oxygens (including phenoxy) is 3. The molecule has 7 nitrogen and oxygen atoms in total. The van der Waals surface area contributed by atoms with Crippen LogP contribution < -0.4 is 14.2 Å². The summed E-state index contributed by atoms with van der Waals surface area (Å²) in [6, 6.07) is 12.8. The summed E-state index contributed by atoms with van der Waals surface area (Å²) in [5.41, 5.74) is 1.95. The van der Waals surface area contributed by atoms with E-state index in [9.17, 15) is 5.21 Å². The lowest BCUT2D eigenvalue weighted by molar-refractivity contribution is 0.318. The number of hydrogen-bond donors (Lipinski definition) is 1. The van der Waals surface area contributed by atoms with Crippen molar-refractivity contribution in [3.05, 3.63) is 60.0 Å². The molecule has 1 aromatic heterocycles. The molecule has 0 fully saturated rings. The lowest BCUT2D eigenvalue weighted by Gasteiger charge is -2.14. The predicted octanol–water partition coefficient (Wildman–Crippen LogP) is 3.59. The minimum Gasteiger partial charge on any atom is -0.493 e. The summed E-state index contributed by atoms with van der Waals surface area (Å²) >= 11 is 0. The van der Waals surface area contributed by atoms with Gasteiger partial charge in [0.25, 0.3) is 0 Å². The van der Waals surface area contributed by atoms with E-state index in [2.05, 4.69) is 10.1 Å². The minimum atomic E-state index is 0.218. The Morgan fingerprint density at radius 2 is 1.65 bits per heavy atom. The zero-order valence-electron chi connectivity index (χ0n) is 14.6. The molecule has 1 heterocycles. The van der Waals surface area contributed by atoms with Crippen LogP contribution in [0.4, 0.5) is 0 Å². The average molecular weight is 354 g/mol. The van der Waals surface area contributed by atoms with Gasteiger partial charge >= 0.3 is 0 Å². The van der Waals surface area contributed by atoms with Crippen LogP contribution in [-0.4, -0.2) is 37.2 Å². The van der Waals surface area contributed by atoms with Gasteiger partial charge in [0.05, 0.1) is 21.3 Å². The fourth-order valence-corrected chi connectivity index (χ4v) is 2.57. The van der Waals surface area contributed by atoms with Gasteiger partial charge in [-0.15, -0.1) is 0 Å². The molecule has 0 bridgehead atoms. The van der Waals surface area contributed by atoms with E-state index < -0.39 is 0 Å². The number of oxazole rings is 1. The Kier molecular flexibility index (Phi) is 5.07. The first-order valence-electron chi connectivity index (χ1n) is 7.75. The number of rotatable bonds is 6. The molecule has 0 aliphatic carbocycles. The fourth-order valence-electron chi connectivity index (χ4n) is 2.57. The maximum atomic E-state index is 9.56. The molecule has 2 aromatic carbocycles. The second-order valence-corrected chi connectivity index (χ2v) is 5.27. The lowest BCUT2D eigenvalue weighted by Crippen LogP contribution is -2.06. The third kappa shape index (κ3) is 3.19. The highest BCUT2D eigenvalue weighted by Crippen LogP contribution is 2.38. The number of benzene rings is 2. The van der Waals surface area contributed by atoms with Gasteiger partial charge in [0, 0.05) is 11.1 Å². The molecule has 7 heteroatoms. The summed E-state index contributed by atoms with van der Waals surface area (Å²) in [6.07, 6.45) is 1.43. The van der Waals surface area contributed by atoms with Crippen LogP contribution in [0.25, 0.3) is 11.5 Å². The Morgan fingerprint density at radius 1 is 1.00 bits per heavy atom. The number of nitrogens with zero attached hydrogens (tertiary/aromatic N) is 2. The Balaban J connectivity index is 2.04. The molecule has 0 radical (unpaired) electrons. The molecule has 0 unspecified atom stereocenters. The summed E-state index contributed by atoms with van der Waals surface area (Å²) in [5.74, 6) is 1.75. The molecule has 26 heavy (non-hydrogen) atoms. The highest BCUT2D eigenvalue weighted by Gasteiger charge is 2.20. The van der Waals surface area contributed by atoms with Crippen LogP contribution in [0.3, 0.4) is 0 Å². The van der Waals surface area contributed by atoms with Crippen LogP contribution in [0.15, 0.2) is 58.3 Å². The van der Waals surface area contributed by atoms with Crippen LogP contribution in [0.1, 0.15) is 11.3 Å². The summed E-state index contributed by atoms with van der Waals surface area (Å²) in [5, 5.41) is 12.9. The van der Waals surface area contributed by atoms with Crippen LogP contribution in [0, 0.1) is 0 Å². The molecular weight excluding hydrogens is 336 g/mol. The number of aromatic nitrogens is 1. The van der Waals surface area contributed by atoms with Gasteiger partial charge in [-0.05, 0) is 24.3 Å². The number of hydrogen-bond acceptors (Lipinski definition) is 7. The van der Waals surface area contributed by atoms with E-state index in [1.807, 2.05) is 30.3 Å². The molecular formula is C19H18N2O5. The number of oxime groups is 1. The van der Waals surface area contributed by atoms with Crippen molar-refractivity contribution in [2.75, 3.05) is 21.3 Å². The normalized spacial score (nSPS) is 11.3. The summed E-state index contributed by atoms with van der Waals surface area (Å²) in [4.78, 5) is 4.41. The van der Waals surface area contributed by atoms with Crippen molar-refractivity contribution in [2.24, 2.45) is 5.16 Å². The smallest absolute Gasteiger partial charge is 0.226 e. The Hall–Kier alpha value is -3.48. The third-order valence-electron chi connectivity index (χ3n) is 3.81. The Morgan fingerprint density at radius 3 is 2.19 bits per heavy atom. The van der Waals surface area contributed by atoms with Crippen molar-refractivity contribution < 1.29 is 23.8 Å². The topological polar surface area (TPSA) is 86.3 Å². The first-order valence-corrected chi connectivity index (χ1v) is 7.75. The largest absolute Gasteiger partial charge is 0.493 e. The van der Waals surface area contributed by atoms with E-state index >= 15 is 0 Å². The molecule has 134 valence electrons. The van der Waals surface area contributed by atoms with Gasteiger partial charge in [0.2, 0.25) is 11.6 Å². The molecule has 0 spiro atoms. The van der Waals surface area contributed by atoms with Gasteiger partial charge in [-0.1, -0.05) is 23.4 Å². The quantitative estimate of drug-likeness (QED) is 0.413. The maximum Gasteiger partial charge on any atom is 0.226 e. The molecule has 0 aliphatic rings. The molecule has 0 atom stereocenters. The Bertz CT molecular complexity index is 894. The summed E-state index contributed by atoms with van der Waals surface area (Å²) < 4.78 is 21.5. The Labute approximate surface area is 150 Å².